The Hall–Kier alpha value is -1.89. The second-order valence-corrected chi connectivity index (χ2v) is 4.38. The van der Waals surface area contributed by atoms with Crippen molar-refractivity contribution in [3.05, 3.63) is 52.6 Å². The number of carbonyl (C=O) groups excluding carboxylic acids is 1. The number of benzene rings is 2. The summed E-state index contributed by atoms with van der Waals surface area (Å²) in [6.07, 6.45) is 3.45. The quantitative estimate of drug-likeness (QED) is 0.551. The molecule has 0 fully saturated rings. The summed E-state index contributed by atoms with van der Waals surface area (Å²) in [6, 6.07) is 11.6. The first kappa shape index (κ1) is 10.3. The summed E-state index contributed by atoms with van der Waals surface area (Å²) in [6.45, 7) is 0. The van der Waals surface area contributed by atoms with Crippen LogP contribution >= 0.6 is 11.6 Å². The van der Waals surface area contributed by atoms with E-state index in [1.165, 1.54) is 0 Å². The van der Waals surface area contributed by atoms with Gasteiger partial charge in [-0.1, -0.05) is 48.0 Å². The Morgan fingerprint density at radius 3 is 2.71 bits per heavy atom. The Balaban J connectivity index is 2.42. The lowest BCUT2D eigenvalue weighted by Crippen LogP contribution is -2.02. The molecule has 1 aliphatic rings. The first-order valence-corrected chi connectivity index (χ1v) is 5.65. The molecule has 0 N–H and O–H groups in total. The molecule has 3 rings (SSSR count). The number of hydrogen-bond acceptors (Lipinski definition) is 2. The van der Waals surface area contributed by atoms with Gasteiger partial charge in [-0.15, -0.1) is 0 Å². The van der Waals surface area contributed by atoms with E-state index >= 15 is 0 Å². The standard InChI is InChI=1S/C14H8ClNO/c15-12-7-10-5-1-3-9-4-2-6-11(13(9)10)14(12)16-8-17/h1-7,14H. The molecule has 2 aromatic carbocycles. The van der Waals surface area contributed by atoms with Crippen LogP contribution < -0.4 is 0 Å². The molecular formula is C14H8ClNO. The van der Waals surface area contributed by atoms with Crippen molar-refractivity contribution in [2.75, 3.05) is 0 Å². The van der Waals surface area contributed by atoms with Crippen molar-refractivity contribution in [3.63, 3.8) is 0 Å². The number of rotatable bonds is 1. The van der Waals surface area contributed by atoms with Crippen LogP contribution in [0.1, 0.15) is 17.2 Å². The minimum atomic E-state index is -0.409. The molecule has 0 aliphatic heterocycles. The molecule has 1 aliphatic carbocycles. The molecule has 0 bridgehead atoms. The highest BCUT2D eigenvalue weighted by molar-refractivity contribution is 6.33. The van der Waals surface area contributed by atoms with Gasteiger partial charge in [0.2, 0.25) is 6.08 Å². The highest BCUT2D eigenvalue weighted by Gasteiger charge is 2.22. The number of halogens is 1. The van der Waals surface area contributed by atoms with E-state index < -0.39 is 6.04 Å². The fourth-order valence-electron chi connectivity index (χ4n) is 2.31. The van der Waals surface area contributed by atoms with Crippen molar-refractivity contribution in [3.8, 4) is 0 Å². The van der Waals surface area contributed by atoms with Gasteiger partial charge in [0, 0.05) is 5.03 Å². The molecule has 0 amide bonds. The average Bonchev–Trinajstić information content (AvgIpc) is 2.34. The van der Waals surface area contributed by atoms with E-state index in [0.29, 0.717) is 5.03 Å². The van der Waals surface area contributed by atoms with E-state index in [2.05, 4.69) is 4.99 Å². The van der Waals surface area contributed by atoms with E-state index in [0.717, 1.165) is 21.9 Å². The van der Waals surface area contributed by atoms with Gasteiger partial charge in [0.15, 0.2) is 0 Å². The molecule has 0 saturated carbocycles. The summed E-state index contributed by atoms with van der Waals surface area (Å²) < 4.78 is 0. The molecule has 3 heteroatoms. The predicted molar refractivity (Wildman–Crippen MR) is 68.6 cm³/mol. The topological polar surface area (TPSA) is 29.4 Å². The molecule has 0 spiro atoms. The lowest BCUT2D eigenvalue weighted by atomic mass is 9.90. The van der Waals surface area contributed by atoms with Crippen LogP contribution in [0.3, 0.4) is 0 Å². The molecule has 1 atom stereocenters. The Kier molecular flexibility index (Phi) is 2.32. The van der Waals surface area contributed by atoms with Crippen molar-refractivity contribution in [1.29, 1.82) is 0 Å². The number of hydrogen-bond donors (Lipinski definition) is 0. The van der Waals surface area contributed by atoms with Crippen molar-refractivity contribution < 1.29 is 4.79 Å². The Morgan fingerprint density at radius 2 is 1.94 bits per heavy atom. The minimum Gasteiger partial charge on any atom is -0.211 e. The normalized spacial score (nSPS) is 17.5. The maximum absolute atomic E-state index is 10.5. The van der Waals surface area contributed by atoms with Gasteiger partial charge in [-0.3, -0.25) is 0 Å². The third-order valence-corrected chi connectivity index (χ3v) is 3.32. The molecule has 1 unspecified atom stereocenters. The second-order valence-electron chi connectivity index (χ2n) is 3.94. The first-order valence-electron chi connectivity index (χ1n) is 5.27. The van der Waals surface area contributed by atoms with Crippen LogP contribution in [0.2, 0.25) is 0 Å². The summed E-state index contributed by atoms with van der Waals surface area (Å²) in [7, 11) is 0. The fraction of sp³-hybridized carbons (Fsp3) is 0.0714. The number of nitrogens with zero attached hydrogens (tertiary/aromatic N) is 1. The van der Waals surface area contributed by atoms with Crippen molar-refractivity contribution in [2.45, 2.75) is 6.04 Å². The third-order valence-electron chi connectivity index (χ3n) is 3.00. The van der Waals surface area contributed by atoms with Crippen LogP contribution in [0.15, 0.2) is 46.4 Å². The zero-order valence-electron chi connectivity index (χ0n) is 8.85. The van der Waals surface area contributed by atoms with E-state index in [1.54, 1.807) is 6.08 Å². The van der Waals surface area contributed by atoms with Gasteiger partial charge in [-0.25, -0.2) is 4.79 Å². The van der Waals surface area contributed by atoms with Gasteiger partial charge in [-0.05, 0) is 28.0 Å². The average molecular weight is 242 g/mol. The van der Waals surface area contributed by atoms with E-state index in [9.17, 15) is 4.79 Å². The van der Waals surface area contributed by atoms with Crippen LogP contribution in [0, 0.1) is 0 Å². The minimum absolute atomic E-state index is 0.409. The Bertz CT molecular complexity index is 678. The largest absolute Gasteiger partial charge is 0.235 e. The predicted octanol–water partition coefficient (Wildman–Crippen LogP) is 3.81. The molecule has 2 aromatic rings. The van der Waals surface area contributed by atoms with Crippen LogP contribution in [-0.2, 0) is 4.79 Å². The summed E-state index contributed by atoms with van der Waals surface area (Å²) >= 11 is 6.16. The van der Waals surface area contributed by atoms with Crippen molar-refractivity contribution in [1.82, 2.24) is 0 Å². The van der Waals surface area contributed by atoms with Gasteiger partial charge in [0.1, 0.15) is 6.04 Å². The smallest absolute Gasteiger partial charge is 0.211 e. The monoisotopic (exact) mass is 241 g/mol. The van der Waals surface area contributed by atoms with Crippen LogP contribution in [-0.4, -0.2) is 6.08 Å². The van der Waals surface area contributed by atoms with Gasteiger partial charge < -0.3 is 0 Å². The van der Waals surface area contributed by atoms with Crippen LogP contribution in [0.4, 0.5) is 0 Å². The van der Waals surface area contributed by atoms with Gasteiger partial charge in [0.25, 0.3) is 0 Å². The van der Waals surface area contributed by atoms with Gasteiger partial charge >= 0.3 is 0 Å². The summed E-state index contributed by atoms with van der Waals surface area (Å²) in [5.41, 5.74) is 2.04. The van der Waals surface area contributed by atoms with Crippen molar-refractivity contribution >= 4 is 34.5 Å². The fourth-order valence-corrected chi connectivity index (χ4v) is 2.59. The van der Waals surface area contributed by atoms with E-state index in [-0.39, 0.29) is 0 Å². The molecule has 82 valence electrons. The van der Waals surface area contributed by atoms with Crippen LogP contribution in [0.5, 0.6) is 0 Å². The van der Waals surface area contributed by atoms with Crippen LogP contribution in [0.25, 0.3) is 16.8 Å². The Labute approximate surface area is 103 Å². The first-order chi connectivity index (χ1) is 8.31. The molecule has 0 radical (unpaired) electrons. The number of isocyanates is 1. The molecule has 0 saturated heterocycles. The Morgan fingerprint density at radius 1 is 1.18 bits per heavy atom. The molecular weight excluding hydrogens is 234 g/mol. The molecule has 0 aromatic heterocycles. The van der Waals surface area contributed by atoms with Gasteiger partial charge in [-0.2, -0.15) is 4.99 Å². The zero-order valence-corrected chi connectivity index (χ0v) is 9.61. The van der Waals surface area contributed by atoms with E-state index in [4.69, 9.17) is 11.6 Å². The maximum Gasteiger partial charge on any atom is 0.235 e. The van der Waals surface area contributed by atoms with Crippen molar-refractivity contribution in [2.24, 2.45) is 4.99 Å². The summed E-state index contributed by atoms with van der Waals surface area (Å²) in [5.74, 6) is 0. The summed E-state index contributed by atoms with van der Waals surface area (Å²) in [4.78, 5) is 14.3. The molecule has 2 nitrogen and oxygen atoms in total. The lowest BCUT2D eigenvalue weighted by molar-refractivity contribution is 0.561. The SMILES string of the molecule is O=C=NC1C(Cl)=Cc2cccc3cccc1c23. The highest BCUT2D eigenvalue weighted by Crippen LogP contribution is 2.40. The summed E-state index contributed by atoms with van der Waals surface area (Å²) in [5, 5.41) is 2.80. The van der Waals surface area contributed by atoms with E-state index in [1.807, 2.05) is 42.5 Å². The second kappa shape index (κ2) is 3.85. The lowest BCUT2D eigenvalue weighted by Gasteiger charge is -2.19. The third kappa shape index (κ3) is 1.50. The molecule has 0 heterocycles. The van der Waals surface area contributed by atoms with Gasteiger partial charge in [0.05, 0.1) is 0 Å². The molecule has 17 heavy (non-hydrogen) atoms. The maximum atomic E-state index is 10.5. The highest BCUT2D eigenvalue weighted by atomic mass is 35.5. The number of aliphatic imine (C=N–C) groups is 1. The zero-order chi connectivity index (χ0) is 11.8.